The minimum Gasteiger partial charge on any atom is -0.397 e. The Morgan fingerprint density at radius 2 is 2.32 bits per heavy atom. The normalized spacial score (nSPS) is 14.3. The molecular weight excluding hydrogens is 352 g/mol. The van der Waals surface area contributed by atoms with E-state index >= 15 is 0 Å². The topological polar surface area (TPSA) is 75.2 Å². The van der Waals surface area contributed by atoms with Crippen molar-refractivity contribution in [2.75, 3.05) is 25.2 Å². The maximum atomic E-state index is 6.51. The van der Waals surface area contributed by atoms with Crippen molar-refractivity contribution in [2.45, 2.75) is 29.4 Å². The predicted molar refractivity (Wildman–Crippen MR) is 103 cm³/mol. The number of aromatic amines is 1. The molecule has 1 fully saturated rings. The van der Waals surface area contributed by atoms with Crippen LogP contribution in [0.5, 0.6) is 0 Å². The first-order chi connectivity index (χ1) is 12.3. The van der Waals surface area contributed by atoms with E-state index in [1.54, 1.807) is 24.8 Å². The molecule has 0 spiro atoms. The minimum absolute atomic E-state index is 0.619. The molecule has 0 atom stereocenters. The van der Waals surface area contributed by atoms with E-state index in [0.29, 0.717) is 5.92 Å². The van der Waals surface area contributed by atoms with E-state index in [1.165, 1.54) is 28.0 Å². The molecule has 0 aromatic carbocycles. The van der Waals surface area contributed by atoms with Gasteiger partial charge in [-0.2, -0.15) is 0 Å². The van der Waals surface area contributed by atoms with Gasteiger partial charge in [0.2, 0.25) is 0 Å². The van der Waals surface area contributed by atoms with Crippen molar-refractivity contribution in [3.8, 4) is 11.3 Å². The molecule has 1 aliphatic rings. The number of rotatable bonds is 7. The van der Waals surface area contributed by atoms with Crippen LogP contribution >= 0.6 is 23.1 Å². The fourth-order valence-corrected chi connectivity index (χ4v) is 5.22. The van der Waals surface area contributed by atoms with Crippen LogP contribution in [0.15, 0.2) is 29.0 Å². The molecule has 0 aliphatic heterocycles. The van der Waals surface area contributed by atoms with Crippen LogP contribution < -0.4 is 10.7 Å². The molecule has 0 amide bonds. The molecule has 0 bridgehead atoms. The Hall–Kier alpha value is -1.70. The number of nitrogens with one attached hydrogen (secondary N) is 1. The van der Waals surface area contributed by atoms with Crippen molar-refractivity contribution >= 4 is 39.0 Å². The fourth-order valence-electron chi connectivity index (χ4n) is 2.93. The Labute approximate surface area is 155 Å². The average molecular weight is 374 g/mol. The molecule has 0 saturated heterocycles. The van der Waals surface area contributed by atoms with Gasteiger partial charge in [0, 0.05) is 24.9 Å². The summed E-state index contributed by atoms with van der Waals surface area (Å²) in [6.07, 6.45) is 8.96. The van der Waals surface area contributed by atoms with Gasteiger partial charge in [-0.25, -0.2) is 9.97 Å². The third kappa shape index (κ3) is 3.49. The van der Waals surface area contributed by atoms with Gasteiger partial charge in [0.1, 0.15) is 11.0 Å². The number of nitrogen functional groups attached to an aromatic ring is 1. The van der Waals surface area contributed by atoms with E-state index in [-0.39, 0.29) is 0 Å². The first-order valence-corrected chi connectivity index (χ1v) is 10.2. The van der Waals surface area contributed by atoms with Crippen LogP contribution in [-0.2, 0) is 4.74 Å². The number of hydrogen-bond acceptors (Lipinski definition) is 6. The summed E-state index contributed by atoms with van der Waals surface area (Å²) in [4.78, 5) is 13.1. The number of thioether (sulfide) groups is 1. The predicted octanol–water partition coefficient (Wildman–Crippen LogP) is 3.76. The minimum atomic E-state index is 0.619. The maximum absolute atomic E-state index is 6.51. The van der Waals surface area contributed by atoms with E-state index in [2.05, 4.69) is 16.0 Å². The number of fused-ring (bicyclic) bond motifs is 1. The summed E-state index contributed by atoms with van der Waals surface area (Å²) >= 11 is 3.52. The SMILES string of the molecule is COCCCSc1sc2nc(-c3cnc[nH+]c3)cc(C3CC3)c2c1N. The third-order valence-electron chi connectivity index (χ3n) is 4.34. The zero-order valence-corrected chi connectivity index (χ0v) is 15.8. The molecule has 1 saturated carbocycles. The Morgan fingerprint density at radius 1 is 1.44 bits per heavy atom. The van der Waals surface area contributed by atoms with Crippen LogP contribution in [-0.4, -0.2) is 29.4 Å². The van der Waals surface area contributed by atoms with Crippen molar-refractivity contribution < 1.29 is 9.72 Å². The summed E-state index contributed by atoms with van der Waals surface area (Å²) < 4.78 is 6.31. The van der Waals surface area contributed by atoms with Crippen LogP contribution in [0.2, 0.25) is 0 Å². The van der Waals surface area contributed by atoms with Gasteiger partial charge < -0.3 is 10.5 Å². The standard InChI is InChI=1S/C18H20N4OS2/c1-23-5-2-6-24-18-16(19)15-13(11-3-4-11)7-14(22-17(15)25-18)12-8-20-10-21-9-12/h7-11H,2-6,19H2,1H3/p+1. The van der Waals surface area contributed by atoms with E-state index in [4.69, 9.17) is 15.5 Å². The van der Waals surface area contributed by atoms with Gasteiger partial charge in [0.05, 0.1) is 21.2 Å². The number of aromatic nitrogens is 3. The molecule has 25 heavy (non-hydrogen) atoms. The van der Waals surface area contributed by atoms with Crippen LogP contribution in [0, 0.1) is 0 Å². The second-order valence-corrected chi connectivity index (χ2v) is 8.59. The number of pyridine rings is 1. The molecule has 3 aromatic heterocycles. The van der Waals surface area contributed by atoms with Gasteiger partial charge in [-0.05, 0) is 36.8 Å². The summed E-state index contributed by atoms with van der Waals surface area (Å²) in [5, 5.41) is 1.17. The zero-order valence-electron chi connectivity index (χ0n) is 14.1. The Balaban J connectivity index is 1.74. The second-order valence-electron chi connectivity index (χ2n) is 6.22. The molecule has 0 unspecified atom stereocenters. The van der Waals surface area contributed by atoms with Crippen molar-refractivity contribution in [3.05, 3.63) is 30.4 Å². The highest BCUT2D eigenvalue weighted by Gasteiger charge is 2.29. The smallest absolute Gasteiger partial charge is 0.283 e. The second kappa shape index (κ2) is 7.27. The van der Waals surface area contributed by atoms with Gasteiger partial charge in [0.15, 0.2) is 6.20 Å². The average Bonchev–Trinajstić information content (AvgIpc) is 3.44. The molecule has 0 radical (unpaired) electrons. The number of nitrogens with zero attached hydrogens (tertiary/aromatic N) is 2. The Kier molecular flexibility index (Phi) is 4.87. The molecule has 3 heterocycles. The molecule has 3 N–H and O–H groups in total. The van der Waals surface area contributed by atoms with Crippen molar-refractivity contribution in [1.82, 2.24) is 9.97 Å². The van der Waals surface area contributed by atoms with E-state index in [1.807, 2.05) is 24.2 Å². The highest BCUT2D eigenvalue weighted by Crippen LogP contribution is 2.49. The van der Waals surface area contributed by atoms with Gasteiger partial charge in [-0.3, -0.25) is 0 Å². The molecule has 4 rings (SSSR count). The maximum Gasteiger partial charge on any atom is 0.283 e. The summed E-state index contributed by atoms with van der Waals surface area (Å²) in [5.41, 5.74) is 10.7. The number of nitrogens with two attached hydrogens (primary N) is 1. The summed E-state index contributed by atoms with van der Waals surface area (Å²) in [7, 11) is 1.74. The molecule has 130 valence electrons. The number of anilines is 1. The largest absolute Gasteiger partial charge is 0.397 e. The van der Waals surface area contributed by atoms with Crippen molar-refractivity contribution in [3.63, 3.8) is 0 Å². The van der Waals surface area contributed by atoms with E-state index in [9.17, 15) is 0 Å². The molecule has 5 nitrogen and oxygen atoms in total. The van der Waals surface area contributed by atoms with E-state index < -0.39 is 0 Å². The molecule has 3 aromatic rings. The monoisotopic (exact) mass is 373 g/mol. The number of hydrogen-bond donors (Lipinski definition) is 1. The van der Waals surface area contributed by atoms with Crippen molar-refractivity contribution in [1.29, 1.82) is 0 Å². The van der Waals surface area contributed by atoms with Gasteiger partial charge >= 0.3 is 0 Å². The molecular formula is C18H21N4OS2+. The van der Waals surface area contributed by atoms with Crippen LogP contribution in [0.1, 0.15) is 30.7 Å². The first kappa shape index (κ1) is 16.8. The number of H-pyrrole nitrogens is 1. The number of ether oxygens (including phenoxy) is 1. The van der Waals surface area contributed by atoms with Crippen molar-refractivity contribution in [2.24, 2.45) is 0 Å². The summed E-state index contributed by atoms with van der Waals surface area (Å²) in [6.45, 7) is 0.783. The molecule has 7 heteroatoms. The summed E-state index contributed by atoms with van der Waals surface area (Å²) in [5.74, 6) is 1.63. The highest BCUT2D eigenvalue weighted by atomic mass is 32.2. The summed E-state index contributed by atoms with van der Waals surface area (Å²) in [6, 6.07) is 2.20. The lowest BCUT2D eigenvalue weighted by molar-refractivity contribution is -0.382. The fraction of sp³-hybridized carbons (Fsp3) is 0.389. The van der Waals surface area contributed by atoms with Crippen LogP contribution in [0.25, 0.3) is 21.5 Å². The van der Waals surface area contributed by atoms with E-state index in [0.717, 1.165) is 40.6 Å². The molecule has 1 aliphatic carbocycles. The van der Waals surface area contributed by atoms with Crippen LogP contribution in [0.3, 0.4) is 0 Å². The third-order valence-corrected chi connectivity index (χ3v) is 6.81. The van der Waals surface area contributed by atoms with Gasteiger partial charge in [-0.15, -0.1) is 23.1 Å². The zero-order chi connectivity index (χ0) is 17.2. The lowest BCUT2D eigenvalue weighted by Gasteiger charge is -2.06. The Morgan fingerprint density at radius 3 is 3.04 bits per heavy atom. The highest BCUT2D eigenvalue weighted by molar-refractivity contribution is 8.01. The lowest BCUT2D eigenvalue weighted by Crippen LogP contribution is -2.02. The quantitative estimate of drug-likeness (QED) is 0.504. The Bertz CT molecular complexity index is 878. The number of thiophene rings is 1. The lowest BCUT2D eigenvalue weighted by atomic mass is 10.0. The van der Waals surface area contributed by atoms with Gasteiger partial charge in [0.25, 0.3) is 6.33 Å². The van der Waals surface area contributed by atoms with Gasteiger partial charge in [-0.1, -0.05) is 4.98 Å². The van der Waals surface area contributed by atoms with Crippen LogP contribution in [0.4, 0.5) is 5.69 Å². The first-order valence-electron chi connectivity index (χ1n) is 8.44. The number of methoxy groups -OCH3 is 1.